The summed E-state index contributed by atoms with van der Waals surface area (Å²) in [6.07, 6.45) is 0. The zero-order chi connectivity index (χ0) is 38.8. The number of hydrogen-bond acceptors (Lipinski definition) is 14. The topological polar surface area (TPSA) is 188 Å². The first-order valence-corrected chi connectivity index (χ1v) is 21.5. The number of aromatic hydroxyl groups is 2. The molecule has 0 spiro atoms. The molecule has 4 rings (SSSR count). The van der Waals surface area contributed by atoms with Gasteiger partial charge in [-0.15, -0.1) is 0 Å². The van der Waals surface area contributed by atoms with Crippen molar-refractivity contribution >= 4 is 36.4 Å². The number of rotatable bonds is 20. The molecule has 0 amide bonds. The van der Waals surface area contributed by atoms with Crippen LogP contribution in [0, 0.1) is 0 Å². The number of hydrogen-bond donors (Lipinski definition) is 4. The van der Waals surface area contributed by atoms with Crippen LogP contribution >= 0.6 is 15.2 Å². The van der Waals surface area contributed by atoms with Crippen LogP contribution in [0.15, 0.2) is 94.7 Å². The SMILES string of the molecule is CCOP(=O)(OCC)C(Nc1ccc(S(=O)(=O)c2ccc(NC(c3ccc(O)c(OC)c3)P(=O)(OCC)OCC)cc2)cc1)c1ccc(O)c(OC)c1. The van der Waals surface area contributed by atoms with Gasteiger partial charge in [0.1, 0.15) is 0 Å². The number of methoxy groups -OCH3 is 2. The molecule has 0 heterocycles. The van der Waals surface area contributed by atoms with E-state index in [2.05, 4.69) is 10.6 Å². The fourth-order valence-electron chi connectivity index (χ4n) is 5.42. The standard InChI is InChI=1S/C36H46N2O12P2S/c1-7-47-51(41,48-8-2)35(25-11-21-31(39)33(23-25)45-5)37-27-13-17-29(18-14-27)53(43,44)30-19-15-28(16-20-30)38-36(52(42,49-9-3)50-10-4)26-12-22-32(40)34(24-26)46-6/h11-24,35-40H,7-10H2,1-6H3. The third kappa shape index (κ3) is 9.73. The second-order valence-corrected chi connectivity index (χ2v) is 17.4. The molecule has 0 aliphatic carbocycles. The van der Waals surface area contributed by atoms with E-state index in [0.29, 0.717) is 22.5 Å². The van der Waals surface area contributed by atoms with Gasteiger partial charge in [0.25, 0.3) is 0 Å². The van der Waals surface area contributed by atoms with Crippen LogP contribution < -0.4 is 20.1 Å². The van der Waals surface area contributed by atoms with Gasteiger partial charge < -0.3 is 48.4 Å². The summed E-state index contributed by atoms with van der Waals surface area (Å²) in [7, 11) is -8.89. The molecule has 0 saturated carbocycles. The van der Waals surface area contributed by atoms with Gasteiger partial charge in [-0.25, -0.2) is 8.42 Å². The third-order valence-corrected chi connectivity index (χ3v) is 14.2. The van der Waals surface area contributed by atoms with E-state index in [0.717, 1.165) is 0 Å². The summed E-state index contributed by atoms with van der Waals surface area (Å²) in [5.74, 6) is -1.97. The molecule has 14 nitrogen and oxygen atoms in total. The Bertz CT molecular complexity index is 1870. The molecule has 53 heavy (non-hydrogen) atoms. The van der Waals surface area contributed by atoms with Gasteiger partial charge in [0.2, 0.25) is 9.84 Å². The van der Waals surface area contributed by atoms with Crippen molar-refractivity contribution in [1.29, 1.82) is 0 Å². The van der Waals surface area contributed by atoms with E-state index in [4.69, 9.17) is 27.6 Å². The number of sulfone groups is 1. The fourth-order valence-corrected chi connectivity index (χ4v) is 10.5. The van der Waals surface area contributed by atoms with Crippen molar-refractivity contribution < 1.29 is 55.3 Å². The molecule has 4 aromatic carbocycles. The molecule has 0 bridgehead atoms. The van der Waals surface area contributed by atoms with Crippen LogP contribution in [0.3, 0.4) is 0 Å². The van der Waals surface area contributed by atoms with Gasteiger partial charge in [-0.1, -0.05) is 12.1 Å². The van der Waals surface area contributed by atoms with E-state index < -0.39 is 36.6 Å². The summed E-state index contributed by atoms with van der Waals surface area (Å²) < 4.78 is 88.5. The number of phenols is 2. The quantitative estimate of drug-likeness (QED) is 0.0622. The maximum absolute atomic E-state index is 14.0. The number of ether oxygens (including phenoxy) is 2. The van der Waals surface area contributed by atoms with Crippen molar-refractivity contribution in [3.05, 3.63) is 96.1 Å². The Balaban J connectivity index is 1.62. The normalized spacial score (nSPS) is 13.2. The highest BCUT2D eigenvalue weighted by Crippen LogP contribution is 2.62. The van der Waals surface area contributed by atoms with Crippen molar-refractivity contribution in [2.45, 2.75) is 49.1 Å². The lowest BCUT2D eigenvalue weighted by Gasteiger charge is -2.28. The van der Waals surface area contributed by atoms with Crippen LogP contribution in [0.4, 0.5) is 11.4 Å². The maximum atomic E-state index is 14.0. The highest BCUT2D eigenvalue weighted by Gasteiger charge is 2.39. The fraction of sp³-hybridized carbons (Fsp3) is 0.333. The molecule has 17 heteroatoms. The Morgan fingerprint density at radius 2 is 0.887 bits per heavy atom. The Hall–Kier alpha value is -4.07. The summed E-state index contributed by atoms with van der Waals surface area (Å²) in [5.41, 5.74) is 1.73. The minimum atomic E-state index is -4.01. The predicted octanol–water partition coefficient (Wildman–Crippen LogP) is 8.70. The Morgan fingerprint density at radius 1 is 0.566 bits per heavy atom. The minimum Gasteiger partial charge on any atom is -0.504 e. The number of phenolic OH excluding ortho intramolecular Hbond substituents is 2. The average molecular weight is 793 g/mol. The number of nitrogens with one attached hydrogen (secondary N) is 2. The Labute approximate surface area is 310 Å². The molecule has 288 valence electrons. The van der Waals surface area contributed by atoms with Gasteiger partial charge >= 0.3 is 15.2 Å². The lowest BCUT2D eigenvalue weighted by molar-refractivity contribution is 0.213. The number of anilines is 2. The molecule has 4 aromatic rings. The van der Waals surface area contributed by atoms with Crippen molar-refractivity contribution in [3.8, 4) is 23.0 Å². The van der Waals surface area contributed by atoms with Crippen molar-refractivity contribution in [2.24, 2.45) is 0 Å². The monoisotopic (exact) mass is 792 g/mol. The summed E-state index contributed by atoms with van der Waals surface area (Å²) in [4.78, 5) is -0.00802. The molecular formula is C36H46N2O12P2S. The van der Waals surface area contributed by atoms with E-state index in [9.17, 15) is 27.8 Å². The Kier molecular flexibility index (Phi) is 14.4. The maximum Gasteiger partial charge on any atom is 0.357 e. The van der Waals surface area contributed by atoms with E-state index in [-0.39, 0.29) is 59.2 Å². The highest BCUT2D eigenvalue weighted by molar-refractivity contribution is 7.91. The van der Waals surface area contributed by atoms with E-state index in [1.165, 1.54) is 87.0 Å². The largest absolute Gasteiger partial charge is 0.504 e. The number of benzene rings is 4. The van der Waals surface area contributed by atoms with Crippen LogP contribution in [-0.4, -0.2) is 59.3 Å². The molecule has 0 aliphatic heterocycles. The first kappa shape index (κ1) is 41.7. The zero-order valence-corrected chi connectivity index (χ0v) is 33.0. The van der Waals surface area contributed by atoms with Gasteiger partial charge in [-0.3, -0.25) is 9.13 Å². The first-order chi connectivity index (χ1) is 25.3. The van der Waals surface area contributed by atoms with E-state index in [1.807, 2.05) is 0 Å². The van der Waals surface area contributed by atoms with E-state index in [1.54, 1.807) is 39.8 Å². The molecule has 0 fully saturated rings. The van der Waals surface area contributed by atoms with Crippen LogP contribution in [0.2, 0.25) is 0 Å². The van der Waals surface area contributed by atoms with Gasteiger partial charge in [-0.2, -0.15) is 0 Å². The molecule has 0 saturated heterocycles. The smallest absolute Gasteiger partial charge is 0.357 e. The second-order valence-electron chi connectivity index (χ2n) is 11.3. The lowest BCUT2D eigenvalue weighted by atomic mass is 10.2. The molecule has 0 aliphatic rings. The lowest BCUT2D eigenvalue weighted by Crippen LogP contribution is -2.16. The van der Waals surface area contributed by atoms with Crippen LogP contribution in [0.25, 0.3) is 0 Å². The highest BCUT2D eigenvalue weighted by atomic mass is 32.2. The molecule has 2 atom stereocenters. The van der Waals surface area contributed by atoms with Crippen LogP contribution in [-0.2, 0) is 37.1 Å². The average Bonchev–Trinajstić information content (AvgIpc) is 3.14. The minimum absolute atomic E-state index is 0.00401. The van der Waals surface area contributed by atoms with Gasteiger partial charge in [0.15, 0.2) is 34.6 Å². The molecular weight excluding hydrogens is 746 g/mol. The zero-order valence-electron chi connectivity index (χ0n) is 30.3. The van der Waals surface area contributed by atoms with E-state index >= 15 is 0 Å². The van der Waals surface area contributed by atoms with Crippen molar-refractivity contribution in [3.63, 3.8) is 0 Å². The van der Waals surface area contributed by atoms with Crippen LogP contribution in [0.5, 0.6) is 23.0 Å². The van der Waals surface area contributed by atoms with Crippen molar-refractivity contribution in [1.82, 2.24) is 0 Å². The predicted molar refractivity (Wildman–Crippen MR) is 202 cm³/mol. The third-order valence-electron chi connectivity index (χ3n) is 7.84. The first-order valence-electron chi connectivity index (χ1n) is 16.8. The molecule has 0 aromatic heterocycles. The summed E-state index contributed by atoms with van der Waals surface area (Å²) in [6, 6.07) is 20.8. The summed E-state index contributed by atoms with van der Waals surface area (Å²) >= 11 is 0. The molecule has 2 unspecified atom stereocenters. The van der Waals surface area contributed by atoms with Crippen molar-refractivity contribution in [2.75, 3.05) is 51.3 Å². The summed E-state index contributed by atoms with van der Waals surface area (Å²) in [5, 5.41) is 26.6. The van der Waals surface area contributed by atoms with Gasteiger partial charge in [0.05, 0.1) is 50.4 Å². The van der Waals surface area contributed by atoms with Gasteiger partial charge in [0, 0.05) is 11.4 Å². The molecule has 0 radical (unpaired) electrons. The second kappa shape index (κ2) is 18.3. The van der Waals surface area contributed by atoms with Gasteiger partial charge in [-0.05, 0) is 112 Å². The molecule has 4 N–H and O–H groups in total. The Morgan fingerprint density at radius 3 is 1.17 bits per heavy atom. The summed E-state index contributed by atoms with van der Waals surface area (Å²) in [6.45, 7) is 7.15. The van der Waals surface area contributed by atoms with Crippen LogP contribution in [0.1, 0.15) is 50.4 Å².